The highest BCUT2D eigenvalue weighted by Crippen LogP contribution is 2.27. The van der Waals surface area contributed by atoms with Crippen LogP contribution in [0.2, 0.25) is 5.02 Å². The van der Waals surface area contributed by atoms with Gasteiger partial charge >= 0.3 is 0 Å². The molecule has 2 heterocycles. The second-order valence-electron chi connectivity index (χ2n) is 8.67. The number of nitrogens with zero attached hydrogens (tertiary/aromatic N) is 2. The molecule has 0 radical (unpaired) electrons. The first-order chi connectivity index (χ1) is 16.9. The normalized spacial score (nSPS) is 13.0. The van der Waals surface area contributed by atoms with E-state index in [-0.39, 0.29) is 26.4 Å². The number of aryl methyl sites for hydroxylation is 4. The first kappa shape index (κ1) is 27.6. The van der Waals surface area contributed by atoms with Crippen molar-refractivity contribution in [2.24, 2.45) is 0 Å². The minimum Gasteiger partial charge on any atom is -0.397 e. The molecule has 190 valence electrons. The van der Waals surface area contributed by atoms with Crippen molar-refractivity contribution in [1.29, 1.82) is 0 Å². The van der Waals surface area contributed by atoms with Gasteiger partial charge in [0, 0.05) is 16.1 Å². The van der Waals surface area contributed by atoms with E-state index in [1.54, 1.807) is 18.3 Å². The highest BCUT2D eigenvalue weighted by atomic mass is 35.5. The van der Waals surface area contributed by atoms with Gasteiger partial charge < -0.3 is 11.5 Å². The van der Waals surface area contributed by atoms with Crippen molar-refractivity contribution in [1.82, 2.24) is 9.97 Å². The smallest absolute Gasteiger partial charge is 0.211 e. The van der Waals surface area contributed by atoms with Gasteiger partial charge in [-0.25, -0.2) is 0 Å². The molecular weight excluding hydrogens is 484 g/mol. The maximum Gasteiger partial charge on any atom is 0.211 e. The maximum atomic E-state index is 12.4. The molecule has 0 atom stereocenters. The minimum absolute atomic E-state index is 0. The summed E-state index contributed by atoms with van der Waals surface area (Å²) < 4.78 is 0. The summed E-state index contributed by atoms with van der Waals surface area (Å²) in [4.78, 5) is 33.1. The van der Waals surface area contributed by atoms with Crippen LogP contribution in [0.25, 0.3) is 0 Å². The Morgan fingerprint density at radius 2 is 1.11 bits per heavy atom. The quantitative estimate of drug-likeness (QED) is 0.301. The second-order valence-corrected chi connectivity index (χ2v) is 9.11. The van der Waals surface area contributed by atoms with Gasteiger partial charge in [-0.3, -0.25) is 19.6 Å². The Morgan fingerprint density at radius 1 is 0.622 bits per heavy atom. The van der Waals surface area contributed by atoms with Crippen LogP contribution in [0.15, 0.2) is 67.0 Å². The molecule has 2 aliphatic rings. The highest BCUT2D eigenvalue weighted by molar-refractivity contribution is 6.30. The second kappa shape index (κ2) is 11.4. The van der Waals surface area contributed by atoms with Crippen molar-refractivity contribution in [3.63, 3.8) is 0 Å². The van der Waals surface area contributed by atoms with Crippen LogP contribution in [0.3, 0.4) is 0 Å². The van der Waals surface area contributed by atoms with Gasteiger partial charge in [-0.2, -0.15) is 0 Å². The summed E-state index contributed by atoms with van der Waals surface area (Å²) in [6, 6.07) is 16.8. The van der Waals surface area contributed by atoms with Gasteiger partial charge in [-0.1, -0.05) is 50.7 Å². The fourth-order valence-corrected chi connectivity index (χ4v) is 4.79. The number of nitrogens with two attached hydrogens (primary N) is 2. The van der Waals surface area contributed by atoms with Crippen LogP contribution in [0.5, 0.6) is 0 Å². The first-order valence-electron chi connectivity index (χ1n) is 11.3. The monoisotopic (exact) mass is 514 g/mol. The average Bonchev–Trinajstić information content (AvgIpc) is 3.08. The molecule has 6 rings (SSSR count). The molecule has 2 aromatic carbocycles. The van der Waals surface area contributed by atoms with Gasteiger partial charge in [0.05, 0.1) is 23.8 Å². The molecule has 2 aliphatic carbocycles. The Bertz CT molecular complexity index is 1430. The Hall–Kier alpha value is -4.03. The van der Waals surface area contributed by atoms with Crippen LogP contribution < -0.4 is 11.5 Å². The predicted molar refractivity (Wildman–Crippen MR) is 150 cm³/mol. The Labute approximate surface area is 222 Å². The van der Waals surface area contributed by atoms with Crippen molar-refractivity contribution in [2.75, 3.05) is 11.5 Å². The van der Waals surface area contributed by atoms with Crippen LogP contribution in [0.1, 0.15) is 69.2 Å². The van der Waals surface area contributed by atoms with E-state index >= 15 is 0 Å². The number of ketones is 2. The number of carbonyl (C=O) groups is 2. The molecule has 0 fully saturated rings. The van der Waals surface area contributed by atoms with E-state index in [0.717, 1.165) is 53.5 Å². The number of pyridine rings is 2. The van der Waals surface area contributed by atoms with Crippen molar-refractivity contribution >= 4 is 34.5 Å². The maximum absolute atomic E-state index is 12.4. The SMILES string of the molecule is C.C.Nc1cnc2c(c1)CCc1cc(Cl)ccc1C2=O.Nc1cnc2c(c1)CCc1ccccc1C2=O. The van der Waals surface area contributed by atoms with Crippen molar-refractivity contribution in [2.45, 2.75) is 40.5 Å². The zero-order valence-corrected chi connectivity index (χ0v) is 19.7. The van der Waals surface area contributed by atoms with E-state index in [1.807, 2.05) is 42.5 Å². The molecule has 0 aliphatic heterocycles. The van der Waals surface area contributed by atoms with Gasteiger partial charge in [0.2, 0.25) is 11.6 Å². The van der Waals surface area contributed by atoms with Gasteiger partial charge in [-0.15, -0.1) is 0 Å². The number of rotatable bonds is 0. The topological polar surface area (TPSA) is 112 Å². The summed E-state index contributed by atoms with van der Waals surface area (Å²) in [7, 11) is 0. The predicted octanol–water partition coefficient (Wildman–Crippen LogP) is 5.91. The van der Waals surface area contributed by atoms with E-state index < -0.39 is 0 Å². The number of fused-ring (bicyclic) bond motifs is 4. The third kappa shape index (κ3) is 5.54. The van der Waals surface area contributed by atoms with E-state index in [4.69, 9.17) is 23.1 Å². The molecule has 4 N–H and O–H groups in total. The number of aromatic nitrogens is 2. The van der Waals surface area contributed by atoms with Crippen molar-refractivity contribution < 1.29 is 9.59 Å². The molecule has 0 spiro atoms. The summed E-state index contributed by atoms with van der Waals surface area (Å²) in [6.07, 6.45) is 6.28. The van der Waals surface area contributed by atoms with Gasteiger partial charge in [0.25, 0.3) is 0 Å². The number of anilines is 2. The number of nitrogen functional groups attached to an aromatic ring is 2. The Morgan fingerprint density at radius 3 is 1.70 bits per heavy atom. The first-order valence-corrected chi connectivity index (χ1v) is 11.7. The zero-order valence-electron chi connectivity index (χ0n) is 18.9. The summed E-state index contributed by atoms with van der Waals surface area (Å²) in [6.45, 7) is 0. The zero-order chi connectivity index (χ0) is 24.5. The summed E-state index contributed by atoms with van der Waals surface area (Å²) in [5.74, 6) is -0.0396. The molecule has 37 heavy (non-hydrogen) atoms. The number of hydrogen-bond donors (Lipinski definition) is 2. The molecule has 0 amide bonds. The van der Waals surface area contributed by atoms with E-state index in [1.165, 1.54) is 6.20 Å². The van der Waals surface area contributed by atoms with Crippen LogP contribution in [-0.2, 0) is 25.7 Å². The minimum atomic E-state index is -0.0471. The largest absolute Gasteiger partial charge is 0.397 e. The van der Waals surface area contributed by atoms with Crippen LogP contribution >= 0.6 is 11.6 Å². The number of halogens is 1. The molecule has 0 saturated heterocycles. The number of benzene rings is 2. The van der Waals surface area contributed by atoms with Crippen LogP contribution in [-0.4, -0.2) is 21.5 Å². The van der Waals surface area contributed by atoms with Crippen LogP contribution in [0, 0.1) is 0 Å². The lowest BCUT2D eigenvalue weighted by atomic mass is 10.0. The Kier molecular flexibility index (Phi) is 8.46. The lowest BCUT2D eigenvalue weighted by Crippen LogP contribution is -2.07. The van der Waals surface area contributed by atoms with Gasteiger partial charge in [0.15, 0.2) is 0 Å². The lowest BCUT2D eigenvalue weighted by molar-refractivity contribution is 0.102. The van der Waals surface area contributed by atoms with E-state index in [0.29, 0.717) is 33.3 Å². The van der Waals surface area contributed by atoms with E-state index in [9.17, 15) is 9.59 Å². The molecule has 7 heteroatoms. The van der Waals surface area contributed by atoms with Gasteiger partial charge in [-0.05, 0) is 78.3 Å². The molecule has 0 unspecified atom stereocenters. The average molecular weight is 515 g/mol. The highest BCUT2D eigenvalue weighted by Gasteiger charge is 2.23. The standard InChI is InChI=1S/C14H11ClN2O.C14H12N2O.2CH4/c15-10-3-4-12-8(5-10)1-2-9-6-11(16)7-17-13(9)14(12)18;15-11-7-10-6-5-9-3-1-2-4-12(9)14(17)13(10)16-8-11;;/h3-7H,1-2,16H2;1-4,7-8H,5-6,15H2;2*1H4. The third-order valence-electron chi connectivity index (χ3n) is 6.31. The van der Waals surface area contributed by atoms with E-state index in [2.05, 4.69) is 9.97 Å². The molecule has 0 bridgehead atoms. The number of hydrogen-bond acceptors (Lipinski definition) is 6. The van der Waals surface area contributed by atoms with Gasteiger partial charge in [0.1, 0.15) is 11.4 Å². The third-order valence-corrected chi connectivity index (χ3v) is 6.54. The molecule has 6 nitrogen and oxygen atoms in total. The molecule has 0 saturated carbocycles. The van der Waals surface area contributed by atoms with Crippen molar-refractivity contribution in [3.05, 3.63) is 117 Å². The summed E-state index contributed by atoms with van der Waals surface area (Å²) in [5, 5.41) is 0.653. The van der Waals surface area contributed by atoms with Crippen LogP contribution in [0.4, 0.5) is 11.4 Å². The summed E-state index contributed by atoms with van der Waals surface area (Å²) >= 11 is 5.97. The number of carbonyl (C=O) groups excluding carboxylic acids is 2. The fraction of sp³-hybridized carbons (Fsp3) is 0.200. The summed E-state index contributed by atoms with van der Waals surface area (Å²) in [5.41, 5.74) is 19.1. The Balaban J connectivity index is 0.000000195. The molecule has 2 aromatic heterocycles. The molecule has 4 aromatic rings. The van der Waals surface area contributed by atoms with Crippen molar-refractivity contribution in [3.8, 4) is 0 Å². The lowest BCUT2D eigenvalue weighted by Gasteiger charge is -2.04. The fourth-order valence-electron chi connectivity index (χ4n) is 4.59. The molecular formula is C30H31ClN4O2.